The molecule has 1 saturated heterocycles. The molecule has 2 N–H and O–H groups in total. The monoisotopic (exact) mass is 250 g/mol. The molecule has 1 atom stereocenters. The Morgan fingerprint density at radius 2 is 2.39 bits per heavy atom. The number of aromatic amines is 1. The number of anilines is 1. The molecule has 0 aromatic carbocycles. The highest BCUT2D eigenvalue weighted by molar-refractivity contribution is 5.97. The van der Waals surface area contributed by atoms with Gasteiger partial charge in [-0.15, -0.1) is 0 Å². The molecule has 2 heterocycles. The molecule has 1 aliphatic heterocycles. The van der Waals surface area contributed by atoms with Crippen LogP contribution in [-0.4, -0.2) is 40.0 Å². The van der Waals surface area contributed by atoms with Crippen molar-refractivity contribution in [3.63, 3.8) is 0 Å². The second-order valence-corrected chi connectivity index (χ2v) is 4.45. The van der Waals surface area contributed by atoms with Crippen LogP contribution >= 0.6 is 0 Å². The van der Waals surface area contributed by atoms with Crippen LogP contribution in [-0.2, 0) is 16.0 Å². The Hall–Kier alpha value is -1.85. The predicted octanol–water partition coefficient (Wildman–Crippen LogP) is 0.779. The summed E-state index contributed by atoms with van der Waals surface area (Å²) in [5.74, 6) is 0.326. The number of hydrogen-bond donors (Lipinski definition) is 2. The first-order valence-electron chi connectivity index (χ1n) is 6.26. The maximum Gasteiger partial charge on any atom is 0.230 e. The lowest BCUT2D eigenvalue weighted by Gasteiger charge is -2.13. The second kappa shape index (κ2) is 5.20. The lowest BCUT2D eigenvalue weighted by molar-refractivity contribution is -0.128. The van der Waals surface area contributed by atoms with E-state index >= 15 is 0 Å². The SMILES string of the molecule is CCc1cn[nH]c1NC(=O)C1CC(=O)N(CC)C1. The van der Waals surface area contributed by atoms with E-state index in [0.717, 1.165) is 12.0 Å². The van der Waals surface area contributed by atoms with Crippen LogP contribution in [0.1, 0.15) is 25.8 Å². The number of carbonyl (C=O) groups is 2. The van der Waals surface area contributed by atoms with Gasteiger partial charge in [0.15, 0.2) is 0 Å². The molecule has 0 radical (unpaired) electrons. The molecule has 1 aliphatic rings. The topological polar surface area (TPSA) is 78.1 Å². The van der Waals surface area contributed by atoms with E-state index < -0.39 is 0 Å². The van der Waals surface area contributed by atoms with Gasteiger partial charge in [-0.3, -0.25) is 14.7 Å². The number of nitrogens with zero attached hydrogens (tertiary/aromatic N) is 2. The maximum absolute atomic E-state index is 12.1. The molecule has 98 valence electrons. The van der Waals surface area contributed by atoms with Crippen LogP contribution < -0.4 is 5.32 Å². The first-order valence-corrected chi connectivity index (χ1v) is 6.26. The van der Waals surface area contributed by atoms with Crippen LogP contribution in [0.25, 0.3) is 0 Å². The van der Waals surface area contributed by atoms with E-state index in [9.17, 15) is 9.59 Å². The van der Waals surface area contributed by atoms with E-state index in [0.29, 0.717) is 25.3 Å². The van der Waals surface area contributed by atoms with E-state index in [1.54, 1.807) is 11.1 Å². The molecule has 1 unspecified atom stereocenters. The van der Waals surface area contributed by atoms with E-state index in [4.69, 9.17) is 0 Å². The minimum absolute atomic E-state index is 0.0537. The summed E-state index contributed by atoms with van der Waals surface area (Å²) >= 11 is 0. The minimum Gasteiger partial charge on any atom is -0.342 e. The third kappa shape index (κ3) is 2.37. The number of likely N-dealkylation sites (tertiary alicyclic amines) is 1. The summed E-state index contributed by atoms with van der Waals surface area (Å²) in [6, 6.07) is 0. The Morgan fingerprint density at radius 1 is 1.61 bits per heavy atom. The molecule has 0 saturated carbocycles. The smallest absolute Gasteiger partial charge is 0.230 e. The third-order valence-electron chi connectivity index (χ3n) is 3.31. The summed E-state index contributed by atoms with van der Waals surface area (Å²) in [6.07, 6.45) is 2.81. The van der Waals surface area contributed by atoms with Crippen molar-refractivity contribution in [2.75, 3.05) is 18.4 Å². The zero-order chi connectivity index (χ0) is 13.1. The average molecular weight is 250 g/mol. The molecule has 1 aromatic rings. The molecule has 6 heteroatoms. The Balaban J connectivity index is 1.99. The molecular weight excluding hydrogens is 232 g/mol. The molecule has 1 aromatic heterocycles. The van der Waals surface area contributed by atoms with Gasteiger partial charge in [-0.05, 0) is 13.3 Å². The fraction of sp³-hybridized carbons (Fsp3) is 0.583. The van der Waals surface area contributed by atoms with Crippen LogP contribution in [0, 0.1) is 5.92 Å². The van der Waals surface area contributed by atoms with E-state index in [1.165, 1.54) is 0 Å². The Bertz CT molecular complexity index is 455. The van der Waals surface area contributed by atoms with Crippen molar-refractivity contribution in [1.82, 2.24) is 15.1 Å². The summed E-state index contributed by atoms with van der Waals surface area (Å²) in [5.41, 5.74) is 0.972. The normalized spacial score (nSPS) is 19.3. The quantitative estimate of drug-likeness (QED) is 0.829. The van der Waals surface area contributed by atoms with Crippen molar-refractivity contribution in [3.05, 3.63) is 11.8 Å². The Labute approximate surface area is 106 Å². The number of carbonyl (C=O) groups excluding carboxylic acids is 2. The van der Waals surface area contributed by atoms with Crippen LogP contribution in [0.4, 0.5) is 5.82 Å². The zero-order valence-electron chi connectivity index (χ0n) is 10.7. The molecule has 6 nitrogen and oxygen atoms in total. The standard InChI is InChI=1S/C12H18N4O2/c1-3-8-6-13-15-11(8)14-12(18)9-5-10(17)16(4-2)7-9/h6,9H,3-5,7H2,1-2H3,(H2,13,14,15,18). The van der Waals surface area contributed by atoms with Crippen molar-refractivity contribution < 1.29 is 9.59 Å². The van der Waals surface area contributed by atoms with Gasteiger partial charge in [-0.25, -0.2) is 0 Å². The number of nitrogens with one attached hydrogen (secondary N) is 2. The van der Waals surface area contributed by atoms with Gasteiger partial charge in [-0.2, -0.15) is 5.10 Å². The number of H-pyrrole nitrogens is 1. The van der Waals surface area contributed by atoms with Crippen molar-refractivity contribution in [1.29, 1.82) is 0 Å². The van der Waals surface area contributed by atoms with E-state index in [1.807, 2.05) is 13.8 Å². The van der Waals surface area contributed by atoms with Crippen LogP contribution in [0.15, 0.2) is 6.20 Å². The summed E-state index contributed by atoms with van der Waals surface area (Å²) in [5, 5.41) is 9.48. The van der Waals surface area contributed by atoms with Gasteiger partial charge >= 0.3 is 0 Å². The van der Waals surface area contributed by atoms with E-state index in [2.05, 4.69) is 15.5 Å². The van der Waals surface area contributed by atoms with Crippen molar-refractivity contribution >= 4 is 17.6 Å². The van der Waals surface area contributed by atoms with Crippen LogP contribution in [0.3, 0.4) is 0 Å². The highest BCUT2D eigenvalue weighted by Gasteiger charge is 2.33. The summed E-state index contributed by atoms with van der Waals surface area (Å²) in [7, 11) is 0. The average Bonchev–Trinajstić information content (AvgIpc) is 2.95. The highest BCUT2D eigenvalue weighted by atomic mass is 16.2. The molecule has 1 fully saturated rings. The lowest BCUT2D eigenvalue weighted by Crippen LogP contribution is -2.28. The summed E-state index contributed by atoms with van der Waals surface area (Å²) in [6.45, 7) is 5.09. The van der Waals surface area contributed by atoms with Crippen LogP contribution in [0.5, 0.6) is 0 Å². The van der Waals surface area contributed by atoms with Gasteiger partial charge in [0.1, 0.15) is 5.82 Å². The van der Waals surface area contributed by atoms with Crippen molar-refractivity contribution in [3.8, 4) is 0 Å². The Morgan fingerprint density at radius 3 is 3.00 bits per heavy atom. The van der Waals surface area contributed by atoms with Gasteiger partial charge in [0.25, 0.3) is 0 Å². The van der Waals surface area contributed by atoms with Gasteiger partial charge in [0.2, 0.25) is 11.8 Å². The van der Waals surface area contributed by atoms with Crippen molar-refractivity contribution in [2.24, 2.45) is 5.92 Å². The first kappa shape index (κ1) is 12.6. The number of rotatable bonds is 4. The largest absolute Gasteiger partial charge is 0.342 e. The van der Waals surface area contributed by atoms with Crippen LogP contribution in [0.2, 0.25) is 0 Å². The van der Waals surface area contributed by atoms with Gasteiger partial charge in [-0.1, -0.05) is 6.92 Å². The second-order valence-electron chi connectivity index (χ2n) is 4.45. The molecule has 0 bridgehead atoms. The minimum atomic E-state index is -0.259. The predicted molar refractivity (Wildman–Crippen MR) is 67.0 cm³/mol. The number of aromatic nitrogens is 2. The fourth-order valence-electron chi connectivity index (χ4n) is 2.17. The Kier molecular flexibility index (Phi) is 3.64. The number of amides is 2. The van der Waals surface area contributed by atoms with E-state index in [-0.39, 0.29) is 17.7 Å². The lowest BCUT2D eigenvalue weighted by atomic mass is 10.1. The van der Waals surface area contributed by atoms with Gasteiger partial charge in [0, 0.05) is 25.1 Å². The third-order valence-corrected chi connectivity index (χ3v) is 3.31. The maximum atomic E-state index is 12.1. The van der Waals surface area contributed by atoms with Crippen molar-refractivity contribution in [2.45, 2.75) is 26.7 Å². The molecular formula is C12H18N4O2. The molecule has 2 rings (SSSR count). The zero-order valence-corrected chi connectivity index (χ0v) is 10.7. The molecule has 0 spiro atoms. The summed E-state index contributed by atoms with van der Waals surface area (Å²) in [4.78, 5) is 25.3. The molecule has 0 aliphatic carbocycles. The molecule has 18 heavy (non-hydrogen) atoms. The fourth-order valence-corrected chi connectivity index (χ4v) is 2.17. The number of hydrogen-bond acceptors (Lipinski definition) is 3. The summed E-state index contributed by atoms with van der Waals surface area (Å²) < 4.78 is 0. The first-order chi connectivity index (χ1) is 8.65. The molecule has 2 amide bonds. The van der Waals surface area contributed by atoms with Gasteiger partial charge < -0.3 is 10.2 Å². The number of aryl methyl sites for hydroxylation is 1. The highest BCUT2D eigenvalue weighted by Crippen LogP contribution is 2.20. The van der Waals surface area contributed by atoms with Gasteiger partial charge in [0.05, 0.1) is 12.1 Å².